The van der Waals surface area contributed by atoms with E-state index in [9.17, 15) is 9.18 Å². The zero-order chi connectivity index (χ0) is 15.2. The van der Waals surface area contributed by atoms with Crippen LogP contribution in [0.2, 0.25) is 0 Å². The van der Waals surface area contributed by atoms with Crippen molar-refractivity contribution in [3.05, 3.63) is 53.8 Å². The van der Waals surface area contributed by atoms with Gasteiger partial charge < -0.3 is 21.1 Å². The van der Waals surface area contributed by atoms with Crippen molar-refractivity contribution in [1.82, 2.24) is 0 Å². The van der Waals surface area contributed by atoms with Crippen molar-refractivity contribution >= 4 is 17.4 Å². The molecule has 0 spiro atoms. The molecule has 0 aliphatic rings. The van der Waals surface area contributed by atoms with Crippen molar-refractivity contribution in [2.24, 2.45) is 5.73 Å². The molecule has 0 aromatic heterocycles. The summed E-state index contributed by atoms with van der Waals surface area (Å²) in [6.45, 7) is 0.241. The van der Waals surface area contributed by atoms with Crippen LogP contribution in [0.1, 0.15) is 5.56 Å². The lowest BCUT2D eigenvalue weighted by Crippen LogP contribution is -2.20. The Bertz CT molecular complexity index is 647. The van der Waals surface area contributed by atoms with Crippen LogP contribution in [0, 0.1) is 5.82 Å². The van der Waals surface area contributed by atoms with Gasteiger partial charge in [0.1, 0.15) is 11.6 Å². The summed E-state index contributed by atoms with van der Waals surface area (Å²) in [5.74, 6) is -0.0141. The molecule has 110 valence electrons. The second-order valence-electron chi connectivity index (χ2n) is 4.30. The number of hydrogen-bond donors (Lipinski definition) is 3. The van der Waals surface area contributed by atoms with Gasteiger partial charge in [0.05, 0.1) is 18.5 Å². The Hall–Kier alpha value is -2.60. The van der Waals surface area contributed by atoms with Gasteiger partial charge in [0.25, 0.3) is 0 Å². The first-order valence-electron chi connectivity index (χ1n) is 6.33. The predicted molar refractivity (Wildman–Crippen MR) is 79.9 cm³/mol. The molecular weight excluding hydrogens is 273 g/mol. The van der Waals surface area contributed by atoms with Gasteiger partial charge in [0.15, 0.2) is 0 Å². The summed E-state index contributed by atoms with van der Waals surface area (Å²) in [5.41, 5.74) is 6.66. The summed E-state index contributed by atoms with van der Waals surface area (Å²) in [4.78, 5) is 11.9. The third-order valence-electron chi connectivity index (χ3n) is 2.87. The minimum atomic E-state index is -0.557. The van der Waals surface area contributed by atoms with Crippen LogP contribution in [0.4, 0.5) is 20.6 Å². The number of nitrogens with two attached hydrogens (primary N) is 1. The van der Waals surface area contributed by atoms with E-state index in [1.807, 2.05) is 0 Å². The third-order valence-corrected chi connectivity index (χ3v) is 2.87. The standard InChI is InChI=1S/C15H16FN3O2/c1-21-14-5-3-2-4-13(14)19-15(20)18-12-7-6-10(9-17)8-11(12)16/h2-8H,9,17H2,1H3,(H2,18,19,20). The highest BCUT2D eigenvalue weighted by atomic mass is 19.1. The Labute approximate surface area is 121 Å². The normalized spacial score (nSPS) is 10.0. The number of carbonyl (C=O) groups excluding carboxylic acids is 1. The number of anilines is 2. The Morgan fingerprint density at radius 2 is 1.90 bits per heavy atom. The second kappa shape index (κ2) is 6.71. The molecule has 21 heavy (non-hydrogen) atoms. The molecule has 4 N–H and O–H groups in total. The molecule has 5 nitrogen and oxygen atoms in total. The van der Waals surface area contributed by atoms with E-state index < -0.39 is 11.8 Å². The molecule has 0 aliphatic heterocycles. The van der Waals surface area contributed by atoms with Crippen LogP contribution in [0.15, 0.2) is 42.5 Å². The van der Waals surface area contributed by atoms with Crippen LogP contribution in [-0.2, 0) is 6.54 Å². The number of urea groups is 1. The molecule has 0 heterocycles. The molecule has 2 aromatic carbocycles. The average Bonchev–Trinajstić information content (AvgIpc) is 2.49. The number of nitrogens with one attached hydrogen (secondary N) is 2. The van der Waals surface area contributed by atoms with Gasteiger partial charge in [0, 0.05) is 6.54 Å². The molecule has 0 bridgehead atoms. The fourth-order valence-electron chi connectivity index (χ4n) is 1.81. The van der Waals surface area contributed by atoms with E-state index in [1.54, 1.807) is 30.3 Å². The van der Waals surface area contributed by atoms with E-state index in [0.717, 1.165) is 0 Å². The molecule has 0 fully saturated rings. The summed E-state index contributed by atoms with van der Waals surface area (Å²) in [6, 6.07) is 10.8. The molecule has 0 atom stereocenters. The molecule has 0 saturated carbocycles. The van der Waals surface area contributed by atoms with Crippen LogP contribution in [0.25, 0.3) is 0 Å². The number of ether oxygens (including phenoxy) is 1. The van der Waals surface area contributed by atoms with Crippen LogP contribution in [0.3, 0.4) is 0 Å². The lowest BCUT2D eigenvalue weighted by Gasteiger charge is -2.11. The van der Waals surface area contributed by atoms with Crippen molar-refractivity contribution in [1.29, 1.82) is 0 Å². The highest BCUT2D eigenvalue weighted by molar-refractivity contribution is 6.00. The number of benzene rings is 2. The predicted octanol–water partition coefficient (Wildman–Crippen LogP) is 2.94. The third kappa shape index (κ3) is 3.70. The molecule has 2 amide bonds. The monoisotopic (exact) mass is 289 g/mol. The zero-order valence-corrected chi connectivity index (χ0v) is 11.5. The number of para-hydroxylation sites is 2. The summed E-state index contributed by atoms with van der Waals surface area (Å²) >= 11 is 0. The number of methoxy groups -OCH3 is 1. The number of hydrogen-bond acceptors (Lipinski definition) is 3. The van der Waals surface area contributed by atoms with Gasteiger partial charge in [-0.2, -0.15) is 0 Å². The van der Waals surface area contributed by atoms with Crippen LogP contribution in [-0.4, -0.2) is 13.1 Å². The number of halogens is 1. The fraction of sp³-hybridized carbons (Fsp3) is 0.133. The molecule has 2 rings (SSSR count). The topological polar surface area (TPSA) is 76.4 Å². The van der Waals surface area contributed by atoms with E-state index in [0.29, 0.717) is 17.0 Å². The summed E-state index contributed by atoms with van der Waals surface area (Å²) in [6.07, 6.45) is 0. The van der Waals surface area contributed by atoms with Gasteiger partial charge in [-0.25, -0.2) is 9.18 Å². The summed E-state index contributed by atoms with van der Waals surface area (Å²) in [5, 5.41) is 5.04. The second-order valence-corrected chi connectivity index (χ2v) is 4.30. The van der Waals surface area contributed by atoms with E-state index in [4.69, 9.17) is 10.5 Å². The molecule has 6 heteroatoms. The summed E-state index contributed by atoms with van der Waals surface area (Å²) in [7, 11) is 1.50. The smallest absolute Gasteiger partial charge is 0.323 e. The molecule has 0 radical (unpaired) electrons. The zero-order valence-electron chi connectivity index (χ0n) is 11.5. The molecule has 2 aromatic rings. The number of rotatable bonds is 4. The number of amides is 2. The van der Waals surface area contributed by atoms with Crippen molar-refractivity contribution in [2.45, 2.75) is 6.54 Å². The highest BCUT2D eigenvalue weighted by Gasteiger charge is 2.09. The van der Waals surface area contributed by atoms with E-state index in [2.05, 4.69) is 10.6 Å². The van der Waals surface area contributed by atoms with Crippen LogP contribution < -0.4 is 21.1 Å². The van der Waals surface area contributed by atoms with Crippen molar-refractivity contribution < 1.29 is 13.9 Å². The van der Waals surface area contributed by atoms with Gasteiger partial charge in [0.2, 0.25) is 0 Å². The van der Waals surface area contributed by atoms with Crippen molar-refractivity contribution in [3.63, 3.8) is 0 Å². The Morgan fingerprint density at radius 3 is 2.57 bits per heavy atom. The average molecular weight is 289 g/mol. The maximum absolute atomic E-state index is 13.8. The van der Waals surface area contributed by atoms with E-state index >= 15 is 0 Å². The first-order chi connectivity index (χ1) is 10.1. The lowest BCUT2D eigenvalue weighted by atomic mass is 10.2. The maximum atomic E-state index is 13.8. The number of carbonyl (C=O) groups is 1. The van der Waals surface area contributed by atoms with Crippen LogP contribution in [0.5, 0.6) is 5.75 Å². The first kappa shape index (κ1) is 14.8. The molecule has 0 aliphatic carbocycles. The van der Waals surface area contributed by atoms with Crippen molar-refractivity contribution in [3.8, 4) is 5.75 Å². The van der Waals surface area contributed by atoms with E-state index in [1.165, 1.54) is 19.2 Å². The molecular formula is C15H16FN3O2. The van der Waals surface area contributed by atoms with Gasteiger partial charge in [-0.05, 0) is 29.8 Å². The maximum Gasteiger partial charge on any atom is 0.323 e. The highest BCUT2D eigenvalue weighted by Crippen LogP contribution is 2.23. The SMILES string of the molecule is COc1ccccc1NC(=O)Nc1ccc(CN)cc1F. The van der Waals surface area contributed by atoms with Gasteiger partial charge in [-0.15, -0.1) is 0 Å². The molecule has 0 unspecified atom stereocenters. The Balaban J connectivity index is 2.08. The Kier molecular flexibility index (Phi) is 4.73. The minimum absolute atomic E-state index is 0.0830. The minimum Gasteiger partial charge on any atom is -0.495 e. The largest absolute Gasteiger partial charge is 0.495 e. The fourth-order valence-corrected chi connectivity index (χ4v) is 1.81. The van der Waals surface area contributed by atoms with Crippen molar-refractivity contribution in [2.75, 3.05) is 17.7 Å². The van der Waals surface area contributed by atoms with Gasteiger partial charge in [-0.1, -0.05) is 18.2 Å². The van der Waals surface area contributed by atoms with Gasteiger partial charge >= 0.3 is 6.03 Å². The Morgan fingerprint density at radius 1 is 1.19 bits per heavy atom. The first-order valence-corrected chi connectivity index (χ1v) is 6.33. The van der Waals surface area contributed by atoms with Crippen LogP contribution >= 0.6 is 0 Å². The summed E-state index contributed by atoms with van der Waals surface area (Å²) < 4.78 is 18.9. The van der Waals surface area contributed by atoms with Gasteiger partial charge in [-0.3, -0.25) is 0 Å². The lowest BCUT2D eigenvalue weighted by molar-refractivity contribution is 0.262. The van der Waals surface area contributed by atoms with E-state index in [-0.39, 0.29) is 12.2 Å². The quantitative estimate of drug-likeness (QED) is 0.810. The molecule has 0 saturated heterocycles.